The number of pyridine rings is 1. The van der Waals surface area contributed by atoms with Crippen LogP contribution in [-0.4, -0.2) is 10.1 Å². The Kier molecular flexibility index (Phi) is 9.05. The average Bonchev–Trinajstić information content (AvgIpc) is 3.25. The third kappa shape index (κ3) is 7.05. The van der Waals surface area contributed by atoms with E-state index in [9.17, 15) is 5.11 Å². The molecule has 3 N–H and O–H groups in total. The maximum atomic E-state index is 11.7. The van der Waals surface area contributed by atoms with Gasteiger partial charge < -0.3 is 15.7 Å². The molecule has 9 aromatic rings. The second-order valence-electron chi connectivity index (χ2n) is 13.5. The molecule has 0 saturated carbocycles. The lowest BCUT2D eigenvalue weighted by Gasteiger charge is -2.19. The summed E-state index contributed by atoms with van der Waals surface area (Å²) in [6.45, 7) is 0. The number of nitrogens with one attached hydrogen (secondary N) is 2. The lowest BCUT2D eigenvalue weighted by Crippen LogP contribution is -1.97. The number of nitrogens with zero attached hydrogens (tertiary/aromatic N) is 1. The molecule has 0 aliphatic carbocycles. The first-order chi connectivity index (χ1) is 27.2. The Morgan fingerprint density at radius 2 is 0.855 bits per heavy atom. The summed E-state index contributed by atoms with van der Waals surface area (Å²) in [6.07, 6.45) is 0. The van der Waals surface area contributed by atoms with Crippen molar-refractivity contribution in [2.24, 2.45) is 0 Å². The number of aromatic hydroxyl groups is 1. The molecule has 0 amide bonds. The van der Waals surface area contributed by atoms with Crippen molar-refractivity contribution in [1.82, 2.24) is 4.98 Å². The molecular formula is C51H37N3O. The quantitative estimate of drug-likeness (QED) is 0.140. The molecule has 0 fully saturated rings. The van der Waals surface area contributed by atoms with Gasteiger partial charge in [-0.3, -0.25) is 0 Å². The van der Waals surface area contributed by atoms with Crippen molar-refractivity contribution < 1.29 is 5.11 Å². The number of anilines is 4. The molecule has 0 aliphatic heterocycles. The lowest BCUT2D eigenvalue weighted by molar-refractivity contribution is 0.477. The number of para-hydroxylation sites is 2. The number of fused-ring (bicyclic) bond motifs is 1. The van der Waals surface area contributed by atoms with Gasteiger partial charge in [-0.1, -0.05) is 140 Å². The predicted octanol–water partition coefficient (Wildman–Crippen LogP) is 13.8. The van der Waals surface area contributed by atoms with Gasteiger partial charge in [-0.15, -0.1) is 0 Å². The van der Waals surface area contributed by atoms with E-state index in [4.69, 9.17) is 4.98 Å². The highest BCUT2D eigenvalue weighted by molar-refractivity contribution is 5.99. The SMILES string of the molecule is Oc1cc(-c2cc(-c3cc(-c4cccc(-c5ccccc5)n4)ccc3Nc3ccccc3)ccc2Nc2ccccc2)ccc1-c1cccc2ccccc12. The number of phenolic OH excluding ortho intramolecular Hbond substituents is 1. The first-order valence-electron chi connectivity index (χ1n) is 18.4. The number of benzene rings is 8. The summed E-state index contributed by atoms with van der Waals surface area (Å²) in [7, 11) is 0. The maximum Gasteiger partial charge on any atom is 0.124 e. The van der Waals surface area contributed by atoms with Crippen LogP contribution < -0.4 is 10.6 Å². The summed E-state index contributed by atoms with van der Waals surface area (Å²) < 4.78 is 0. The molecule has 8 aromatic carbocycles. The van der Waals surface area contributed by atoms with Crippen LogP contribution in [0.15, 0.2) is 206 Å². The van der Waals surface area contributed by atoms with E-state index in [-0.39, 0.29) is 5.75 Å². The Labute approximate surface area is 321 Å². The van der Waals surface area contributed by atoms with Crippen molar-refractivity contribution in [2.45, 2.75) is 0 Å². The third-order valence-corrected chi connectivity index (χ3v) is 9.96. The molecule has 0 spiro atoms. The van der Waals surface area contributed by atoms with Crippen LogP contribution in [0, 0.1) is 0 Å². The maximum absolute atomic E-state index is 11.7. The topological polar surface area (TPSA) is 57.2 Å². The fourth-order valence-corrected chi connectivity index (χ4v) is 7.22. The van der Waals surface area contributed by atoms with Gasteiger partial charge in [0.25, 0.3) is 0 Å². The van der Waals surface area contributed by atoms with Gasteiger partial charge in [0.05, 0.1) is 11.4 Å². The van der Waals surface area contributed by atoms with Gasteiger partial charge in [-0.2, -0.15) is 0 Å². The van der Waals surface area contributed by atoms with Crippen molar-refractivity contribution in [2.75, 3.05) is 10.6 Å². The first-order valence-corrected chi connectivity index (χ1v) is 18.4. The molecule has 4 heteroatoms. The summed E-state index contributed by atoms with van der Waals surface area (Å²) in [5, 5.41) is 21.2. The molecule has 55 heavy (non-hydrogen) atoms. The average molecular weight is 708 g/mol. The Hall–Kier alpha value is -7.43. The Morgan fingerprint density at radius 1 is 0.345 bits per heavy atom. The Morgan fingerprint density at radius 3 is 1.53 bits per heavy atom. The van der Waals surface area contributed by atoms with E-state index in [1.807, 2.05) is 84.9 Å². The minimum atomic E-state index is 0.225. The summed E-state index contributed by atoms with van der Waals surface area (Å²) >= 11 is 0. The monoisotopic (exact) mass is 707 g/mol. The third-order valence-electron chi connectivity index (χ3n) is 9.96. The highest BCUT2D eigenvalue weighted by atomic mass is 16.3. The lowest BCUT2D eigenvalue weighted by atomic mass is 9.92. The highest BCUT2D eigenvalue weighted by Gasteiger charge is 2.16. The van der Waals surface area contributed by atoms with E-state index >= 15 is 0 Å². The summed E-state index contributed by atoms with van der Waals surface area (Å²) in [5.74, 6) is 0.225. The van der Waals surface area contributed by atoms with Crippen molar-refractivity contribution in [3.8, 4) is 61.6 Å². The van der Waals surface area contributed by atoms with E-state index in [0.717, 1.165) is 89.4 Å². The Bertz CT molecular complexity index is 2760. The minimum Gasteiger partial charge on any atom is -0.507 e. The van der Waals surface area contributed by atoms with Crippen LogP contribution in [-0.2, 0) is 0 Å². The van der Waals surface area contributed by atoms with Crippen LogP contribution in [0.25, 0.3) is 66.7 Å². The highest BCUT2D eigenvalue weighted by Crippen LogP contribution is 2.42. The molecule has 0 atom stereocenters. The smallest absolute Gasteiger partial charge is 0.124 e. The largest absolute Gasteiger partial charge is 0.507 e. The molecule has 9 rings (SSSR count). The molecule has 4 nitrogen and oxygen atoms in total. The second-order valence-corrected chi connectivity index (χ2v) is 13.5. The van der Waals surface area contributed by atoms with Gasteiger partial charge in [0.2, 0.25) is 0 Å². The van der Waals surface area contributed by atoms with Gasteiger partial charge in [0, 0.05) is 50.6 Å². The molecule has 0 radical (unpaired) electrons. The van der Waals surface area contributed by atoms with E-state index in [2.05, 4.69) is 132 Å². The fraction of sp³-hybridized carbons (Fsp3) is 0. The van der Waals surface area contributed by atoms with Gasteiger partial charge in [0.15, 0.2) is 0 Å². The number of rotatable bonds is 9. The first kappa shape index (κ1) is 33.4. The summed E-state index contributed by atoms with van der Waals surface area (Å²) in [6, 6.07) is 70.3. The number of aromatic nitrogens is 1. The van der Waals surface area contributed by atoms with Gasteiger partial charge in [-0.25, -0.2) is 4.98 Å². The predicted molar refractivity (Wildman–Crippen MR) is 230 cm³/mol. The second kappa shape index (κ2) is 14.9. The van der Waals surface area contributed by atoms with Crippen molar-refractivity contribution in [1.29, 1.82) is 0 Å². The van der Waals surface area contributed by atoms with Crippen LogP contribution in [0.4, 0.5) is 22.7 Å². The molecule has 262 valence electrons. The normalized spacial score (nSPS) is 11.0. The molecule has 1 aromatic heterocycles. The molecule has 0 saturated heterocycles. The van der Waals surface area contributed by atoms with Crippen molar-refractivity contribution in [3.63, 3.8) is 0 Å². The van der Waals surface area contributed by atoms with Gasteiger partial charge in [0.1, 0.15) is 5.75 Å². The van der Waals surface area contributed by atoms with Crippen LogP contribution in [0.2, 0.25) is 0 Å². The zero-order chi connectivity index (χ0) is 37.0. The van der Waals surface area contributed by atoms with Crippen molar-refractivity contribution in [3.05, 3.63) is 206 Å². The van der Waals surface area contributed by atoms with Crippen LogP contribution >= 0.6 is 0 Å². The van der Waals surface area contributed by atoms with E-state index in [0.29, 0.717) is 0 Å². The summed E-state index contributed by atoms with van der Waals surface area (Å²) in [5.41, 5.74) is 13.5. The van der Waals surface area contributed by atoms with Crippen molar-refractivity contribution >= 4 is 33.5 Å². The molecule has 0 unspecified atom stereocenters. The zero-order valence-electron chi connectivity index (χ0n) is 30.0. The Balaban J connectivity index is 1.18. The van der Waals surface area contributed by atoms with Crippen LogP contribution in [0.3, 0.4) is 0 Å². The standard InChI is InChI=1S/C51H37N3O/c55-51-34-38(26-29-44(51)43-23-12-17-35-14-10-11-22-42(35)43)45-32-37(27-30-49(45)52-40-18-6-2-7-19-40)46-33-39(28-31-50(46)53-41-20-8-3-9-21-41)48-25-13-24-47(54-48)36-15-4-1-5-16-36/h1-34,52-53,55H. The number of phenols is 1. The van der Waals surface area contributed by atoms with E-state index < -0.39 is 0 Å². The van der Waals surface area contributed by atoms with Gasteiger partial charge >= 0.3 is 0 Å². The van der Waals surface area contributed by atoms with Crippen LogP contribution in [0.5, 0.6) is 5.75 Å². The number of hydrogen-bond acceptors (Lipinski definition) is 4. The molecule has 0 aliphatic rings. The van der Waals surface area contributed by atoms with E-state index in [1.165, 1.54) is 0 Å². The zero-order valence-corrected chi connectivity index (χ0v) is 30.0. The van der Waals surface area contributed by atoms with Crippen LogP contribution in [0.1, 0.15) is 0 Å². The molecule has 1 heterocycles. The van der Waals surface area contributed by atoms with Gasteiger partial charge in [-0.05, 0) is 94.2 Å². The summed E-state index contributed by atoms with van der Waals surface area (Å²) in [4.78, 5) is 5.09. The fourth-order valence-electron chi connectivity index (χ4n) is 7.22. The number of hydrogen-bond donors (Lipinski definition) is 3. The van der Waals surface area contributed by atoms with E-state index in [1.54, 1.807) is 0 Å². The molecular weight excluding hydrogens is 671 g/mol. The minimum absolute atomic E-state index is 0.225. The molecule has 0 bridgehead atoms.